The van der Waals surface area contributed by atoms with Gasteiger partial charge in [-0.2, -0.15) is 0 Å². The molecule has 23 heavy (non-hydrogen) atoms. The Hall–Kier alpha value is -1.44. The highest BCUT2D eigenvalue weighted by Crippen LogP contribution is 2.26. The van der Waals surface area contributed by atoms with Crippen molar-refractivity contribution < 1.29 is 23.1 Å². The number of hydrogen-bond acceptors (Lipinski definition) is 4. The predicted molar refractivity (Wildman–Crippen MR) is 84.7 cm³/mol. The van der Waals surface area contributed by atoms with Gasteiger partial charge < -0.3 is 9.84 Å². The average molecular weight is 339 g/mol. The summed E-state index contributed by atoms with van der Waals surface area (Å²) in [5.74, 6) is -1.03. The first-order valence-electron chi connectivity index (χ1n) is 7.84. The van der Waals surface area contributed by atoms with Gasteiger partial charge in [-0.1, -0.05) is 24.3 Å². The number of aliphatic carboxylic acids is 1. The highest BCUT2D eigenvalue weighted by Gasteiger charge is 2.36. The molecule has 0 bridgehead atoms. The second-order valence-electron chi connectivity index (χ2n) is 6.32. The Morgan fingerprint density at radius 3 is 2.48 bits per heavy atom. The second-order valence-corrected chi connectivity index (χ2v) is 8.31. The minimum absolute atomic E-state index is 0.0968. The summed E-state index contributed by atoms with van der Waals surface area (Å²) in [7, 11) is -3.69. The molecule has 1 fully saturated rings. The van der Waals surface area contributed by atoms with E-state index in [0.29, 0.717) is 26.1 Å². The highest BCUT2D eigenvalue weighted by atomic mass is 32.2. The topological polar surface area (TPSA) is 92.7 Å². The van der Waals surface area contributed by atoms with Gasteiger partial charge in [0.15, 0.2) is 0 Å². The average Bonchev–Trinajstić information content (AvgIpc) is 3.15. The lowest BCUT2D eigenvalue weighted by atomic mass is 10.00. The third kappa shape index (κ3) is 3.73. The number of sulfonamides is 1. The molecule has 0 amide bonds. The van der Waals surface area contributed by atoms with Gasteiger partial charge in [0.1, 0.15) is 6.04 Å². The van der Waals surface area contributed by atoms with Crippen LogP contribution in [-0.4, -0.2) is 44.0 Å². The molecule has 7 heteroatoms. The largest absolute Gasteiger partial charge is 0.480 e. The Kier molecular flexibility index (Phi) is 4.70. The van der Waals surface area contributed by atoms with Crippen molar-refractivity contribution in [1.82, 2.24) is 4.72 Å². The maximum atomic E-state index is 12.6. The lowest BCUT2D eigenvalue weighted by Crippen LogP contribution is -2.46. The Morgan fingerprint density at radius 1 is 1.30 bits per heavy atom. The summed E-state index contributed by atoms with van der Waals surface area (Å²) in [6, 6.07) is 6.54. The molecule has 1 saturated heterocycles. The summed E-state index contributed by atoms with van der Waals surface area (Å²) in [4.78, 5) is 11.4. The molecule has 0 spiro atoms. The Bertz CT molecular complexity index is 656. The summed E-state index contributed by atoms with van der Waals surface area (Å²) in [6.45, 7) is 1.11. The number of carbonyl (C=O) groups is 1. The summed E-state index contributed by atoms with van der Waals surface area (Å²) in [6.07, 6.45) is 1.92. The molecule has 126 valence electrons. The van der Waals surface area contributed by atoms with E-state index in [1.807, 2.05) is 24.3 Å². The molecule has 2 unspecified atom stereocenters. The fourth-order valence-corrected chi connectivity index (χ4v) is 4.92. The molecule has 1 aromatic rings. The number of fused-ring (bicyclic) bond motifs is 1. The smallest absolute Gasteiger partial charge is 0.321 e. The van der Waals surface area contributed by atoms with Gasteiger partial charge in [-0.3, -0.25) is 4.79 Å². The van der Waals surface area contributed by atoms with E-state index in [1.54, 1.807) is 0 Å². The zero-order valence-electron chi connectivity index (χ0n) is 12.8. The number of rotatable bonds is 6. The number of nitrogens with one attached hydrogen (secondary N) is 1. The maximum Gasteiger partial charge on any atom is 0.321 e. The molecule has 2 atom stereocenters. The predicted octanol–water partition coefficient (Wildman–Crippen LogP) is 0.953. The van der Waals surface area contributed by atoms with E-state index in [4.69, 9.17) is 4.74 Å². The van der Waals surface area contributed by atoms with Gasteiger partial charge in [0.2, 0.25) is 10.0 Å². The first kappa shape index (κ1) is 16.4. The number of carboxylic acid groups (broad SMARTS) is 1. The van der Waals surface area contributed by atoms with Crippen molar-refractivity contribution in [3.8, 4) is 0 Å². The van der Waals surface area contributed by atoms with E-state index in [2.05, 4.69) is 4.72 Å². The number of ether oxygens (including phenoxy) is 1. The zero-order valence-corrected chi connectivity index (χ0v) is 13.6. The van der Waals surface area contributed by atoms with Crippen LogP contribution in [0.1, 0.15) is 24.0 Å². The molecule has 1 aromatic carbocycles. The molecule has 0 saturated carbocycles. The van der Waals surface area contributed by atoms with Gasteiger partial charge >= 0.3 is 5.97 Å². The first-order chi connectivity index (χ1) is 11.0. The van der Waals surface area contributed by atoms with Gasteiger partial charge in [-0.05, 0) is 42.7 Å². The van der Waals surface area contributed by atoms with Crippen LogP contribution in [0.5, 0.6) is 0 Å². The van der Waals surface area contributed by atoms with E-state index >= 15 is 0 Å². The van der Waals surface area contributed by atoms with Crippen LogP contribution in [0.4, 0.5) is 0 Å². The van der Waals surface area contributed by atoms with Crippen molar-refractivity contribution >= 4 is 16.0 Å². The van der Waals surface area contributed by atoms with E-state index in [0.717, 1.165) is 17.5 Å². The highest BCUT2D eigenvalue weighted by molar-refractivity contribution is 7.90. The van der Waals surface area contributed by atoms with Crippen molar-refractivity contribution in [2.45, 2.75) is 37.0 Å². The standard InChI is InChI=1S/C16H21NO5S/c18-16(19)15(7-11-5-6-22-10-11)17-23(20,21)14-8-12-3-1-2-4-13(12)9-14/h1-4,11,14-15,17H,5-10H2,(H,18,19). The molecular formula is C16H21NO5S. The van der Waals surface area contributed by atoms with Crippen molar-refractivity contribution in [1.29, 1.82) is 0 Å². The van der Waals surface area contributed by atoms with E-state index in [-0.39, 0.29) is 12.3 Å². The molecule has 2 N–H and O–H groups in total. The molecule has 6 nitrogen and oxygen atoms in total. The van der Waals surface area contributed by atoms with Crippen LogP contribution >= 0.6 is 0 Å². The molecule has 2 aliphatic rings. The molecule has 1 aliphatic heterocycles. The Labute approximate surface area is 135 Å². The van der Waals surface area contributed by atoms with Crippen LogP contribution in [0.3, 0.4) is 0 Å². The minimum atomic E-state index is -3.69. The molecule has 0 aromatic heterocycles. The van der Waals surface area contributed by atoms with Crippen LogP contribution in [0, 0.1) is 5.92 Å². The van der Waals surface area contributed by atoms with E-state index in [9.17, 15) is 18.3 Å². The third-order valence-corrected chi connectivity index (χ3v) is 6.47. The maximum absolute atomic E-state index is 12.6. The van der Waals surface area contributed by atoms with Crippen LogP contribution in [0.25, 0.3) is 0 Å². The fraction of sp³-hybridized carbons (Fsp3) is 0.562. The van der Waals surface area contributed by atoms with Crippen LogP contribution in [-0.2, 0) is 32.4 Å². The molecular weight excluding hydrogens is 318 g/mol. The number of hydrogen-bond donors (Lipinski definition) is 2. The Balaban J connectivity index is 1.68. The van der Waals surface area contributed by atoms with Crippen LogP contribution in [0.2, 0.25) is 0 Å². The van der Waals surface area contributed by atoms with Crippen molar-refractivity contribution in [3.05, 3.63) is 35.4 Å². The van der Waals surface area contributed by atoms with E-state index < -0.39 is 27.3 Å². The van der Waals surface area contributed by atoms with Crippen molar-refractivity contribution in [3.63, 3.8) is 0 Å². The van der Waals surface area contributed by atoms with E-state index in [1.165, 1.54) is 0 Å². The second kappa shape index (κ2) is 6.59. The third-order valence-electron chi connectivity index (χ3n) is 4.65. The lowest BCUT2D eigenvalue weighted by molar-refractivity contribution is -0.139. The summed E-state index contributed by atoms with van der Waals surface area (Å²) >= 11 is 0. The summed E-state index contributed by atoms with van der Waals surface area (Å²) in [5, 5.41) is 8.75. The molecule has 1 aliphatic carbocycles. The molecule has 1 heterocycles. The van der Waals surface area contributed by atoms with Crippen LogP contribution in [0.15, 0.2) is 24.3 Å². The van der Waals surface area contributed by atoms with Crippen LogP contribution < -0.4 is 4.72 Å². The summed E-state index contributed by atoms with van der Waals surface area (Å²) < 4.78 is 32.8. The zero-order chi connectivity index (χ0) is 16.4. The van der Waals surface area contributed by atoms with Gasteiger partial charge in [0.25, 0.3) is 0 Å². The summed E-state index contributed by atoms with van der Waals surface area (Å²) in [5.41, 5.74) is 2.05. The minimum Gasteiger partial charge on any atom is -0.480 e. The SMILES string of the molecule is O=C(O)C(CC1CCOC1)NS(=O)(=O)C1Cc2ccccc2C1. The van der Waals surface area contributed by atoms with Gasteiger partial charge in [0, 0.05) is 13.2 Å². The Morgan fingerprint density at radius 2 is 1.96 bits per heavy atom. The van der Waals surface area contributed by atoms with Gasteiger partial charge in [0.05, 0.1) is 5.25 Å². The molecule has 3 rings (SSSR count). The fourth-order valence-electron chi connectivity index (χ4n) is 3.33. The monoisotopic (exact) mass is 339 g/mol. The number of benzene rings is 1. The van der Waals surface area contributed by atoms with Crippen molar-refractivity contribution in [2.75, 3.05) is 13.2 Å². The van der Waals surface area contributed by atoms with Gasteiger partial charge in [-0.25, -0.2) is 13.1 Å². The lowest BCUT2D eigenvalue weighted by Gasteiger charge is -2.20. The van der Waals surface area contributed by atoms with Crippen molar-refractivity contribution in [2.24, 2.45) is 5.92 Å². The quantitative estimate of drug-likeness (QED) is 0.805. The number of carboxylic acids is 1. The normalized spacial score (nSPS) is 22.9. The molecule has 0 radical (unpaired) electrons. The van der Waals surface area contributed by atoms with Gasteiger partial charge in [-0.15, -0.1) is 0 Å². The first-order valence-corrected chi connectivity index (χ1v) is 9.39.